The summed E-state index contributed by atoms with van der Waals surface area (Å²) in [4.78, 5) is 12.1. The van der Waals surface area contributed by atoms with Gasteiger partial charge in [0.05, 0.1) is 0 Å². The average molecular weight is 305 g/mol. The Hall–Kier alpha value is -0.280. The minimum absolute atomic E-state index is 0. The van der Waals surface area contributed by atoms with E-state index in [9.17, 15) is 4.79 Å². The van der Waals surface area contributed by atoms with Crippen LogP contribution in [0.4, 0.5) is 0 Å². The van der Waals surface area contributed by atoms with Gasteiger partial charge in [0.25, 0.3) is 0 Å². The van der Waals surface area contributed by atoms with Gasteiger partial charge in [0.2, 0.25) is 5.91 Å². The molecule has 0 aromatic carbocycles. The standard InChI is InChI=1S/C16H32N2O.ClH/c1-12(11-17)15(19)18-14(16(2,3)4)10-13-8-6-5-7-9-13;/h12-14H,5-11,17H2,1-4H3,(H,18,19);1H. The monoisotopic (exact) mass is 304 g/mol. The molecule has 0 heterocycles. The van der Waals surface area contributed by atoms with Gasteiger partial charge in [-0.05, 0) is 17.8 Å². The highest BCUT2D eigenvalue weighted by Gasteiger charge is 2.30. The van der Waals surface area contributed by atoms with Crippen LogP contribution in [0.1, 0.15) is 66.2 Å². The van der Waals surface area contributed by atoms with Crippen molar-refractivity contribution in [3.8, 4) is 0 Å². The van der Waals surface area contributed by atoms with Crippen LogP contribution in [0, 0.1) is 17.3 Å². The van der Waals surface area contributed by atoms with Gasteiger partial charge in [-0.2, -0.15) is 0 Å². The van der Waals surface area contributed by atoms with Gasteiger partial charge in [0.1, 0.15) is 0 Å². The van der Waals surface area contributed by atoms with Crippen LogP contribution in [-0.4, -0.2) is 18.5 Å². The fourth-order valence-corrected chi connectivity index (χ4v) is 2.81. The molecule has 1 amide bonds. The first-order chi connectivity index (χ1) is 8.84. The zero-order chi connectivity index (χ0) is 14.5. The van der Waals surface area contributed by atoms with Crippen molar-refractivity contribution >= 4 is 18.3 Å². The minimum Gasteiger partial charge on any atom is -0.353 e. The summed E-state index contributed by atoms with van der Waals surface area (Å²) in [5.41, 5.74) is 5.69. The highest BCUT2D eigenvalue weighted by Crippen LogP contribution is 2.32. The molecule has 0 aromatic rings. The maximum atomic E-state index is 12.1. The summed E-state index contributed by atoms with van der Waals surface area (Å²) >= 11 is 0. The summed E-state index contributed by atoms with van der Waals surface area (Å²) < 4.78 is 0. The van der Waals surface area contributed by atoms with E-state index in [4.69, 9.17) is 5.73 Å². The molecule has 1 aliphatic carbocycles. The molecule has 120 valence electrons. The van der Waals surface area contributed by atoms with Crippen LogP contribution in [0.15, 0.2) is 0 Å². The molecule has 2 atom stereocenters. The largest absolute Gasteiger partial charge is 0.353 e. The van der Waals surface area contributed by atoms with Crippen LogP contribution < -0.4 is 11.1 Å². The summed E-state index contributed by atoms with van der Waals surface area (Å²) in [5, 5.41) is 3.24. The van der Waals surface area contributed by atoms with Crippen LogP contribution >= 0.6 is 12.4 Å². The number of carbonyl (C=O) groups excluding carboxylic acids is 1. The number of amides is 1. The van der Waals surface area contributed by atoms with E-state index in [2.05, 4.69) is 26.1 Å². The minimum atomic E-state index is -0.0868. The summed E-state index contributed by atoms with van der Waals surface area (Å²) in [6.07, 6.45) is 7.87. The number of halogens is 1. The molecule has 20 heavy (non-hydrogen) atoms. The van der Waals surface area contributed by atoms with Crippen LogP contribution in [0.5, 0.6) is 0 Å². The van der Waals surface area contributed by atoms with Crippen molar-refractivity contribution in [2.75, 3.05) is 6.54 Å². The first-order valence-electron chi connectivity index (χ1n) is 7.85. The lowest BCUT2D eigenvalue weighted by Crippen LogP contribution is -2.47. The highest BCUT2D eigenvalue weighted by molar-refractivity contribution is 5.85. The Balaban J connectivity index is 0.00000361. The molecule has 1 saturated carbocycles. The summed E-state index contributed by atoms with van der Waals surface area (Å²) in [6, 6.07) is 0.261. The molecule has 0 saturated heterocycles. The molecule has 2 unspecified atom stereocenters. The van der Waals surface area contributed by atoms with Gasteiger partial charge in [-0.1, -0.05) is 59.8 Å². The van der Waals surface area contributed by atoms with Crippen LogP contribution in [0.2, 0.25) is 0 Å². The zero-order valence-corrected chi connectivity index (χ0v) is 14.4. The van der Waals surface area contributed by atoms with Crippen molar-refractivity contribution in [3.63, 3.8) is 0 Å². The SMILES string of the molecule is CC(CN)C(=O)NC(CC1CCCCC1)C(C)(C)C.Cl. The van der Waals surface area contributed by atoms with E-state index < -0.39 is 0 Å². The van der Waals surface area contributed by atoms with E-state index in [-0.39, 0.29) is 35.7 Å². The molecular weight excluding hydrogens is 272 g/mol. The maximum Gasteiger partial charge on any atom is 0.224 e. The Labute approximate surface area is 130 Å². The van der Waals surface area contributed by atoms with E-state index in [0.717, 1.165) is 12.3 Å². The van der Waals surface area contributed by atoms with E-state index in [1.807, 2.05) is 6.92 Å². The molecule has 3 N–H and O–H groups in total. The number of rotatable bonds is 5. The Bertz CT molecular complexity index is 283. The van der Waals surface area contributed by atoms with Crippen LogP contribution in [0.3, 0.4) is 0 Å². The van der Waals surface area contributed by atoms with Gasteiger partial charge in [-0.3, -0.25) is 4.79 Å². The quantitative estimate of drug-likeness (QED) is 0.816. The highest BCUT2D eigenvalue weighted by atomic mass is 35.5. The van der Waals surface area contributed by atoms with Crippen molar-refractivity contribution < 1.29 is 4.79 Å². The van der Waals surface area contributed by atoms with Crippen molar-refractivity contribution in [3.05, 3.63) is 0 Å². The van der Waals surface area contributed by atoms with Crippen molar-refractivity contribution in [2.24, 2.45) is 23.0 Å². The molecule has 1 rings (SSSR count). The molecule has 1 aliphatic rings. The number of nitrogens with two attached hydrogens (primary N) is 1. The Morgan fingerprint density at radius 3 is 2.25 bits per heavy atom. The number of hydrogen-bond acceptors (Lipinski definition) is 2. The van der Waals surface area contributed by atoms with E-state index in [0.29, 0.717) is 6.54 Å². The predicted octanol–water partition coefficient (Wildman–Crippen LogP) is 3.50. The predicted molar refractivity (Wildman–Crippen MR) is 88.0 cm³/mol. The maximum absolute atomic E-state index is 12.1. The lowest BCUT2D eigenvalue weighted by molar-refractivity contribution is -0.125. The smallest absolute Gasteiger partial charge is 0.224 e. The fraction of sp³-hybridized carbons (Fsp3) is 0.938. The van der Waals surface area contributed by atoms with Crippen molar-refractivity contribution in [2.45, 2.75) is 72.3 Å². The first-order valence-corrected chi connectivity index (χ1v) is 7.85. The van der Waals surface area contributed by atoms with Gasteiger partial charge in [0.15, 0.2) is 0 Å². The normalized spacial score (nSPS) is 19.9. The average Bonchev–Trinajstić information content (AvgIpc) is 2.37. The number of nitrogens with one attached hydrogen (secondary N) is 1. The molecule has 0 bridgehead atoms. The summed E-state index contributed by atoms with van der Waals surface area (Å²) in [5.74, 6) is 0.806. The third-order valence-corrected chi connectivity index (χ3v) is 4.46. The molecule has 0 aliphatic heterocycles. The Morgan fingerprint density at radius 2 is 1.80 bits per heavy atom. The lowest BCUT2D eigenvalue weighted by atomic mass is 9.77. The van der Waals surface area contributed by atoms with E-state index in [1.165, 1.54) is 32.1 Å². The molecule has 0 radical (unpaired) electrons. The summed E-state index contributed by atoms with van der Waals surface area (Å²) in [7, 11) is 0. The van der Waals surface area contributed by atoms with E-state index in [1.54, 1.807) is 0 Å². The third kappa shape index (κ3) is 6.45. The molecular formula is C16H33ClN2O. The zero-order valence-electron chi connectivity index (χ0n) is 13.6. The Morgan fingerprint density at radius 1 is 1.25 bits per heavy atom. The van der Waals surface area contributed by atoms with Crippen molar-refractivity contribution in [1.29, 1.82) is 0 Å². The van der Waals surface area contributed by atoms with Gasteiger partial charge in [-0.15, -0.1) is 12.4 Å². The van der Waals surface area contributed by atoms with Crippen LogP contribution in [-0.2, 0) is 4.79 Å². The van der Waals surface area contributed by atoms with Gasteiger partial charge >= 0.3 is 0 Å². The lowest BCUT2D eigenvalue weighted by Gasteiger charge is -2.36. The molecule has 0 aromatic heterocycles. The van der Waals surface area contributed by atoms with Crippen LogP contribution in [0.25, 0.3) is 0 Å². The van der Waals surface area contributed by atoms with Crippen molar-refractivity contribution in [1.82, 2.24) is 5.32 Å². The fourth-order valence-electron chi connectivity index (χ4n) is 2.81. The molecule has 1 fully saturated rings. The molecule has 0 spiro atoms. The molecule has 3 nitrogen and oxygen atoms in total. The topological polar surface area (TPSA) is 55.1 Å². The summed E-state index contributed by atoms with van der Waals surface area (Å²) in [6.45, 7) is 8.97. The third-order valence-electron chi connectivity index (χ3n) is 4.46. The number of carbonyl (C=O) groups is 1. The second-order valence-corrected chi connectivity index (χ2v) is 7.30. The second kappa shape index (κ2) is 8.89. The molecule has 4 heteroatoms. The number of hydrogen-bond donors (Lipinski definition) is 2. The van der Waals surface area contributed by atoms with Gasteiger partial charge in [-0.25, -0.2) is 0 Å². The Kier molecular flexibility index (Phi) is 8.76. The van der Waals surface area contributed by atoms with Gasteiger partial charge < -0.3 is 11.1 Å². The van der Waals surface area contributed by atoms with Gasteiger partial charge in [0, 0.05) is 18.5 Å². The van der Waals surface area contributed by atoms with E-state index >= 15 is 0 Å². The second-order valence-electron chi connectivity index (χ2n) is 7.30. The first kappa shape index (κ1) is 19.7.